The molecule has 1 aliphatic carbocycles. The van der Waals surface area contributed by atoms with Crippen LogP contribution in [0.4, 0.5) is 0 Å². The van der Waals surface area contributed by atoms with Crippen LogP contribution < -0.4 is 16.2 Å². The summed E-state index contributed by atoms with van der Waals surface area (Å²) in [5.74, 6) is 1.13. The molecule has 0 bridgehead atoms. The summed E-state index contributed by atoms with van der Waals surface area (Å²) >= 11 is 0. The van der Waals surface area contributed by atoms with Crippen molar-refractivity contribution in [1.29, 1.82) is 0 Å². The molecule has 0 amide bonds. The van der Waals surface area contributed by atoms with Gasteiger partial charge in [0.2, 0.25) is 0 Å². The highest BCUT2D eigenvalue weighted by Crippen LogP contribution is 2.38. The highest BCUT2D eigenvalue weighted by Gasteiger charge is 2.41. The van der Waals surface area contributed by atoms with Crippen LogP contribution in [0.1, 0.15) is 56.2 Å². The zero-order valence-electron chi connectivity index (χ0n) is 15.6. The molecule has 4 atom stereocenters. The molecule has 1 aliphatic heterocycles. The summed E-state index contributed by atoms with van der Waals surface area (Å²) in [4.78, 5) is 0. The normalized spacial score (nSPS) is 28.2. The first kappa shape index (κ1) is 17.6. The van der Waals surface area contributed by atoms with Crippen molar-refractivity contribution in [2.45, 2.75) is 63.7 Å². The Morgan fingerprint density at radius 1 is 1.19 bits per heavy atom. The van der Waals surface area contributed by atoms with Crippen LogP contribution in [0.3, 0.4) is 0 Å². The fraction of sp³-hybridized carbons (Fsp3) is 0.600. The Kier molecular flexibility index (Phi) is 5.62. The van der Waals surface area contributed by atoms with Gasteiger partial charge in [0.25, 0.3) is 0 Å². The maximum atomic E-state index is 4.50. The summed E-state index contributed by atoms with van der Waals surface area (Å²) in [6.45, 7) is 4.11. The maximum absolute atomic E-state index is 4.50. The monoisotopic (exact) mass is 354 g/mol. The van der Waals surface area contributed by atoms with E-state index in [-0.39, 0.29) is 0 Å². The summed E-state index contributed by atoms with van der Waals surface area (Å²) in [5.41, 5.74) is 9.37. The Bertz CT molecular complexity index is 685. The van der Waals surface area contributed by atoms with Crippen LogP contribution >= 0.6 is 0 Å². The summed E-state index contributed by atoms with van der Waals surface area (Å²) in [7, 11) is 0. The van der Waals surface area contributed by atoms with Gasteiger partial charge in [-0.15, -0.1) is 5.10 Å². The highest BCUT2D eigenvalue weighted by molar-refractivity contribution is 5.15. The molecular formula is C20H30N6. The van der Waals surface area contributed by atoms with Crippen LogP contribution in [0.25, 0.3) is 0 Å². The average Bonchev–Trinajstić information content (AvgIpc) is 3.30. The molecule has 1 aromatic carbocycles. The Balaban J connectivity index is 1.38. The number of benzene rings is 1. The first-order valence-corrected chi connectivity index (χ1v) is 10.0. The third-order valence-electron chi connectivity index (χ3n) is 5.81. The van der Waals surface area contributed by atoms with E-state index in [0.29, 0.717) is 24.0 Å². The number of hydrogen-bond acceptors (Lipinski definition) is 5. The molecule has 2 fully saturated rings. The molecular weight excluding hydrogens is 324 g/mol. The number of nitrogens with zero attached hydrogens (tertiary/aromatic N) is 3. The van der Waals surface area contributed by atoms with E-state index in [2.05, 4.69) is 63.9 Å². The second kappa shape index (κ2) is 8.29. The zero-order valence-corrected chi connectivity index (χ0v) is 15.6. The molecule has 2 aromatic rings. The van der Waals surface area contributed by atoms with Crippen molar-refractivity contribution in [2.75, 3.05) is 6.54 Å². The Hall–Kier alpha value is -1.76. The lowest BCUT2D eigenvalue weighted by atomic mass is 9.76. The Morgan fingerprint density at radius 2 is 2.08 bits per heavy atom. The van der Waals surface area contributed by atoms with Gasteiger partial charge < -0.3 is 5.32 Å². The number of aromatic nitrogens is 3. The van der Waals surface area contributed by atoms with Crippen LogP contribution in [0.15, 0.2) is 36.5 Å². The van der Waals surface area contributed by atoms with Crippen LogP contribution in [0.5, 0.6) is 0 Å². The average molecular weight is 355 g/mol. The molecule has 0 radical (unpaired) electrons. The highest BCUT2D eigenvalue weighted by atomic mass is 15.5. The van der Waals surface area contributed by atoms with E-state index in [9.17, 15) is 0 Å². The molecule has 26 heavy (non-hydrogen) atoms. The summed E-state index contributed by atoms with van der Waals surface area (Å²) in [5, 5.41) is 12.6. The van der Waals surface area contributed by atoms with Crippen LogP contribution in [0.2, 0.25) is 0 Å². The molecule has 140 valence electrons. The fourth-order valence-electron chi connectivity index (χ4n) is 4.31. The van der Waals surface area contributed by atoms with Crippen molar-refractivity contribution in [1.82, 2.24) is 31.2 Å². The zero-order chi connectivity index (χ0) is 17.8. The molecule has 2 aliphatic rings. The van der Waals surface area contributed by atoms with E-state index in [1.165, 1.54) is 37.7 Å². The molecule has 1 aromatic heterocycles. The van der Waals surface area contributed by atoms with Crippen molar-refractivity contribution in [3.63, 3.8) is 0 Å². The minimum atomic E-state index is 0.369. The minimum absolute atomic E-state index is 0.369. The van der Waals surface area contributed by atoms with Gasteiger partial charge in [-0.25, -0.2) is 10.1 Å². The van der Waals surface area contributed by atoms with Gasteiger partial charge in [0, 0.05) is 24.1 Å². The molecule has 2 heterocycles. The largest absolute Gasteiger partial charge is 0.301 e. The van der Waals surface area contributed by atoms with Gasteiger partial charge in [0.15, 0.2) is 0 Å². The number of unbranched alkanes of at least 4 members (excludes halogenated alkanes) is 1. The Labute approximate surface area is 155 Å². The molecule has 1 saturated heterocycles. The van der Waals surface area contributed by atoms with Crippen molar-refractivity contribution in [2.24, 2.45) is 5.92 Å². The quantitative estimate of drug-likeness (QED) is 0.666. The van der Waals surface area contributed by atoms with Crippen LogP contribution in [0, 0.1) is 5.92 Å². The van der Waals surface area contributed by atoms with Crippen molar-refractivity contribution >= 4 is 0 Å². The third kappa shape index (κ3) is 3.98. The van der Waals surface area contributed by atoms with Crippen molar-refractivity contribution in [3.05, 3.63) is 47.8 Å². The molecule has 6 heteroatoms. The molecule has 6 nitrogen and oxygen atoms in total. The molecule has 0 spiro atoms. The number of hydrogen-bond donors (Lipinski definition) is 3. The Morgan fingerprint density at radius 3 is 2.92 bits per heavy atom. The lowest BCUT2D eigenvalue weighted by Crippen LogP contribution is -2.44. The minimum Gasteiger partial charge on any atom is -0.301 e. The number of hydrazine groups is 1. The lowest BCUT2D eigenvalue weighted by Gasteiger charge is -2.32. The second-order valence-electron chi connectivity index (χ2n) is 7.68. The first-order valence-electron chi connectivity index (χ1n) is 10.0. The van der Waals surface area contributed by atoms with E-state index in [4.69, 9.17) is 0 Å². The van der Waals surface area contributed by atoms with Gasteiger partial charge in [-0.2, -0.15) is 0 Å². The van der Waals surface area contributed by atoms with Gasteiger partial charge in [-0.1, -0.05) is 48.9 Å². The maximum Gasteiger partial charge on any atom is 0.0858 e. The summed E-state index contributed by atoms with van der Waals surface area (Å²) < 4.78 is 1.97. The topological polar surface area (TPSA) is 66.8 Å². The first-order chi connectivity index (χ1) is 12.8. The predicted octanol–water partition coefficient (Wildman–Crippen LogP) is 2.40. The molecule has 4 unspecified atom stereocenters. The fourth-order valence-corrected chi connectivity index (χ4v) is 4.31. The number of fused-ring (bicyclic) bond motifs is 1. The van der Waals surface area contributed by atoms with E-state index in [0.717, 1.165) is 18.8 Å². The number of rotatable bonds is 7. The summed E-state index contributed by atoms with van der Waals surface area (Å²) in [6, 6.07) is 11.0. The standard InChI is InChI=1S/C20H30N6/c1-2-3-11-21-20-17-12-16(9-10-18(17)22-24-20)19-14-26(25-23-19)13-15-7-5-4-6-8-15/h4-8,14,16-18,20-22,24H,2-3,9-13H2,1H3. The van der Waals surface area contributed by atoms with Gasteiger partial charge >= 0.3 is 0 Å². The van der Waals surface area contributed by atoms with Gasteiger partial charge in [0.1, 0.15) is 0 Å². The molecule has 3 N–H and O–H groups in total. The van der Waals surface area contributed by atoms with E-state index >= 15 is 0 Å². The SMILES string of the molecule is CCCCNC1NNC2CCC(c3cn(Cc4ccccc4)nn3)CC21. The third-order valence-corrected chi connectivity index (χ3v) is 5.81. The number of nitrogens with one attached hydrogen (secondary N) is 3. The van der Waals surface area contributed by atoms with Gasteiger partial charge in [0.05, 0.1) is 18.4 Å². The van der Waals surface area contributed by atoms with E-state index in [1.807, 2.05) is 10.7 Å². The van der Waals surface area contributed by atoms with E-state index < -0.39 is 0 Å². The van der Waals surface area contributed by atoms with Gasteiger partial charge in [-0.05, 0) is 37.8 Å². The van der Waals surface area contributed by atoms with E-state index in [1.54, 1.807) is 0 Å². The predicted molar refractivity (Wildman–Crippen MR) is 102 cm³/mol. The smallest absolute Gasteiger partial charge is 0.0858 e. The second-order valence-corrected chi connectivity index (χ2v) is 7.68. The van der Waals surface area contributed by atoms with Crippen LogP contribution in [-0.4, -0.2) is 33.7 Å². The summed E-state index contributed by atoms with van der Waals surface area (Å²) in [6.07, 6.45) is 8.52. The molecule has 4 rings (SSSR count). The molecule has 1 saturated carbocycles. The van der Waals surface area contributed by atoms with Gasteiger partial charge in [-0.3, -0.25) is 5.43 Å². The van der Waals surface area contributed by atoms with Crippen molar-refractivity contribution in [3.8, 4) is 0 Å². The lowest BCUT2D eigenvalue weighted by molar-refractivity contribution is 0.255. The van der Waals surface area contributed by atoms with Crippen LogP contribution in [-0.2, 0) is 6.54 Å². The van der Waals surface area contributed by atoms with Crippen molar-refractivity contribution < 1.29 is 0 Å².